The number of carbonyl (C=O) groups is 1. The Morgan fingerprint density at radius 3 is 2.08 bits per heavy atom. The van der Waals surface area contributed by atoms with E-state index in [0.717, 1.165) is 11.1 Å². The highest BCUT2D eigenvalue weighted by Crippen LogP contribution is 2.43. The Bertz CT molecular complexity index is 873. The van der Waals surface area contributed by atoms with Crippen LogP contribution in [0.25, 0.3) is 11.1 Å². The molecule has 0 saturated carbocycles. The van der Waals surface area contributed by atoms with Gasteiger partial charge in [0.05, 0.1) is 12.2 Å². The van der Waals surface area contributed by atoms with Crippen molar-refractivity contribution in [2.24, 2.45) is 0 Å². The zero-order valence-electron chi connectivity index (χ0n) is 13.6. The number of benzene rings is 2. The van der Waals surface area contributed by atoms with Crippen molar-refractivity contribution in [3.05, 3.63) is 59.1 Å². The summed E-state index contributed by atoms with van der Waals surface area (Å²) in [5.74, 6) is -1.05. The molecule has 0 aliphatic carbocycles. The van der Waals surface area contributed by atoms with Crippen molar-refractivity contribution in [2.45, 2.75) is 30.4 Å². The molecule has 6 heteroatoms. The number of hydrogen-bond donors (Lipinski definition) is 1. The Morgan fingerprint density at radius 1 is 1.00 bits per heavy atom. The normalized spacial score (nSPS) is 22.4. The van der Waals surface area contributed by atoms with E-state index in [1.807, 2.05) is 24.3 Å². The molecule has 1 N–H and O–H groups in total. The second kappa shape index (κ2) is 6.81. The third kappa shape index (κ3) is 3.44. The molecule has 1 atom stereocenters. The topological polar surface area (TPSA) is 71.4 Å². The second-order valence-electron chi connectivity index (χ2n) is 6.43. The molecule has 1 aliphatic rings. The average molecular weight is 379 g/mol. The van der Waals surface area contributed by atoms with Gasteiger partial charge in [-0.15, -0.1) is 0 Å². The summed E-state index contributed by atoms with van der Waals surface area (Å²) in [7, 11) is -3.51. The molecule has 1 fully saturated rings. The van der Waals surface area contributed by atoms with Crippen molar-refractivity contribution in [3.8, 4) is 11.1 Å². The lowest BCUT2D eigenvalue weighted by molar-refractivity contribution is -0.137. The van der Waals surface area contributed by atoms with Gasteiger partial charge in [-0.3, -0.25) is 4.79 Å². The highest BCUT2D eigenvalue weighted by Gasteiger charge is 2.48. The molecule has 132 valence electrons. The van der Waals surface area contributed by atoms with Gasteiger partial charge in [0.1, 0.15) is 4.75 Å². The molecule has 1 heterocycles. The first-order chi connectivity index (χ1) is 11.8. The summed E-state index contributed by atoms with van der Waals surface area (Å²) in [5, 5.41) is 9.95. The van der Waals surface area contributed by atoms with Crippen LogP contribution < -0.4 is 0 Å². The van der Waals surface area contributed by atoms with E-state index in [1.165, 1.54) is 0 Å². The number of sulfone groups is 1. The molecule has 2 aromatic carbocycles. The van der Waals surface area contributed by atoms with Gasteiger partial charge in [-0.25, -0.2) is 8.42 Å². The van der Waals surface area contributed by atoms with Crippen LogP contribution in [0.3, 0.4) is 0 Å². The second-order valence-corrected chi connectivity index (χ2v) is 9.28. The molecule has 1 saturated heterocycles. The number of halogens is 1. The molecule has 25 heavy (non-hydrogen) atoms. The monoisotopic (exact) mass is 378 g/mol. The van der Waals surface area contributed by atoms with Crippen LogP contribution in [-0.4, -0.2) is 25.2 Å². The summed E-state index contributed by atoms with van der Waals surface area (Å²) < 4.78 is 24.2. The Kier molecular flexibility index (Phi) is 4.89. The Labute approximate surface area is 152 Å². The zero-order valence-corrected chi connectivity index (χ0v) is 15.2. The lowest BCUT2D eigenvalue weighted by atomic mass is 9.88. The molecule has 4 nitrogen and oxygen atoms in total. The average Bonchev–Trinajstić information content (AvgIpc) is 2.57. The Balaban J connectivity index is 2.02. The standard InChI is InChI=1S/C19H19ClO4S/c20-17-9-5-15(6-10-17)14-3-7-16(8-4-14)19(13-18(21)22)11-1-2-12-25(19,23)24/h3-10H,1-2,11-13H2,(H,21,22). The number of rotatable bonds is 4. The fraction of sp³-hybridized carbons (Fsp3) is 0.316. The van der Waals surface area contributed by atoms with Crippen LogP contribution in [0.2, 0.25) is 5.02 Å². The lowest BCUT2D eigenvalue weighted by Gasteiger charge is -2.36. The fourth-order valence-corrected chi connectivity index (χ4v) is 5.93. The van der Waals surface area contributed by atoms with Gasteiger partial charge in [-0.2, -0.15) is 0 Å². The predicted octanol–water partition coefficient (Wildman–Crippen LogP) is 4.28. The number of hydrogen-bond acceptors (Lipinski definition) is 3. The maximum atomic E-state index is 12.8. The van der Waals surface area contributed by atoms with E-state index in [9.17, 15) is 18.3 Å². The molecule has 1 aliphatic heterocycles. The SMILES string of the molecule is O=C(O)CC1(c2ccc(-c3ccc(Cl)cc3)cc2)CCCCS1(=O)=O. The smallest absolute Gasteiger partial charge is 0.305 e. The molecule has 0 spiro atoms. The van der Waals surface area contributed by atoms with E-state index in [-0.39, 0.29) is 5.75 Å². The molecule has 2 aromatic rings. The fourth-order valence-electron chi connectivity index (χ4n) is 3.53. The first-order valence-corrected chi connectivity index (χ1v) is 10.2. The van der Waals surface area contributed by atoms with Crippen LogP contribution in [-0.2, 0) is 19.4 Å². The Morgan fingerprint density at radius 2 is 1.56 bits per heavy atom. The maximum absolute atomic E-state index is 12.8. The van der Waals surface area contributed by atoms with Crippen molar-refractivity contribution in [3.63, 3.8) is 0 Å². The zero-order chi connectivity index (χ0) is 18.1. The van der Waals surface area contributed by atoms with Gasteiger partial charge in [0, 0.05) is 5.02 Å². The predicted molar refractivity (Wildman–Crippen MR) is 98.5 cm³/mol. The van der Waals surface area contributed by atoms with Gasteiger partial charge in [-0.05, 0) is 41.7 Å². The molecule has 0 bridgehead atoms. The summed E-state index contributed by atoms with van der Waals surface area (Å²) in [5.41, 5.74) is 2.46. The summed E-state index contributed by atoms with van der Waals surface area (Å²) in [4.78, 5) is 11.4. The van der Waals surface area contributed by atoms with Crippen molar-refractivity contribution < 1.29 is 18.3 Å². The van der Waals surface area contributed by atoms with Crippen molar-refractivity contribution in [1.29, 1.82) is 0 Å². The molecule has 1 unspecified atom stereocenters. The van der Waals surface area contributed by atoms with E-state index >= 15 is 0 Å². The number of carboxylic acid groups (broad SMARTS) is 1. The van der Waals surface area contributed by atoms with Crippen LogP contribution in [0.15, 0.2) is 48.5 Å². The van der Waals surface area contributed by atoms with Gasteiger partial charge in [0.25, 0.3) is 0 Å². The van der Waals surface area contributed by atoms with E-state index in [2.05, 4.69) is 0 Å². The van der Waals surface area contributed by atoms with Crippen LogP contribution >= 0.6 is 11.6 Å². The van der Waals surface area contributed by atoms with E-state index in [0.29, 0.717) is 29.8 Å². The quantitative estimate of drug-likeness (QED) is 0.862. The maximum Gasteiger partial charge on any atom is 0.305 e. The van der Waals surface area contributed by atoms with E-state index in [1.54, 1.807) is 24.3 Å². The van der Waals surface area contributed by atoms with Crippen LogP contribution in [0.1, 0.15) is 31.2 Å². The van der Waals surface area contributed by atoms with Gasteiger partial charge >= 0.3 is 5.97 Å². The third-order valence-corrected chi connectivity index (χ3v) is 7.72. The first-order valence-electron chi connectivity index (χ1n) is 8.15. The molecule has 0 amide bonds. The van der Waals surface area contributed by atoms with Crippen molar-refractivity contribution in [2.75, 3.05) is 5.75 Å². The summed E-state index contributed by atoms with van der Waals surface area (Å²) >= 11 is 5.90. The van der Waals surface area contributed by atoms with E-state index in [4.69, 9.17) is 11.6 Å². The minimum atomic E-state index is -3.51. The molecule has 0 radical (unpaired) electrons. The minimum Gasteiger partial charge on any atom is -0.481 e. The Hall–Kier alpha value is -1.85. The number of carboxylic acids is 1. The highest BCUT2D eigenvalue weighted by molar-refractivity contribution is 7.92. The minimum absolute atomic E-state index is 0.0409. The summed E-state index contributed by atoms with van der Waals surface area (Å²) in [6.45, 7) is 0. The van der Waals surface area contributed by atoms with Crippen molar-refractivity contribution >= 4 is 27.4 Å². The lowest BCUT2D eigenvalue weighted by Crippen LogP contribution is -2.42. The van der Waals surface area contributed by atoms with Crippen LogP contribution in [0.5, 0.6) is 0 Å². The highest BCUT2D eigenvalue weighted by atomic mass is 35.5. The van der Waals surface area contributed by atoms with Gasteiger partial charge < -0.3 is 5.11 Å². The first kappa shape index (κ1) is 18.0. The van der Waals surface area contributed by atoms with E-state index < -0.39 is 27.0 Å². The third-order valence-electron chi connectivity index (χ3n) is 4.86. The molecule has 3 rings (SSSR count). The molecular weight excluding hydrogens is 360 g/mol. The largest absolute Gasteiger partial charge is 0.481 e. The van der Waals surface area contributed by atoms with Gasteiger partial charge in [-0.1, -0.05) is 54.4 Å². The summed E-state index contributed by atoms with van der Waals surface area (Å²) in [6.07, 6.45) is 1.26. The van der Waals surface area contributed by atoms with Crippen LogP contribution in [0, 0.1) is 0 Å². The number of aliphatic carboxylic acids is 1. The molecular formula is C19H19ClO4S. The molecule has 0 aromatic heterocycles. The van der Waals surface area contributed by atoms with Gasteiger partial charge in [0.15, 0.2) is 9.84 Å². The summed E-state index contributed by atoms with van der Waals surface area (Å²) in [6, 6.07) is 14.5. The van der Waals surface area contributed by atoms with Gasteiger partial charge in [0.2, 0.25) is 0 Å². The van der Waals surface area contributed by atoms with Crippen molar-refractivity contribution in [1.82, 2.24) is 0 Å². The van der Waals surface area contributed by atoms with Crippen LogP contribution in [0.4, 0.5) is 0 Å².